The zero-order valence-electron chi connectivity index (χ0n) is 10.6. The van der Waals surface area contributed by atoms with Crippen LogP contribution in [0.4, 0.5) is 4.39 Å². The first-order valence-corrected chi connectivity index (χ1v) is 5.75. The predicted octanol–water partition coefficient (Wildman–Crippen LogP) is 2.42. The molecule has 0 aliphatic rings. The Morgan fingerprint density at radius 3 is 2.74 bits per heavy atom. The van der Waals surface area contributed by atoms with Crippen LogP contribution in [-0.2, 0) is 0 Å². The van der Waals surface area contributed by atoms with Gasteiger partial charge in [0, 0.05) is 11.8 Å². The number of aromatic nitrogens is 2. The highest BCUT2D eigenvalue weighted by Crippen LogP contribution is 2.21. The summed E-state index contributed by atoms with van der Waals surface area (Å²) >= 11 is 0. The van der Waals surface area contributed by atoms with Crippen molar-refractivity contribution in [2.45, 2.75) is 13.8 Å². The Morgan fingerprint density at radius 1 is 1.47 bits per heavy atom. The highest BCUT2D eigenvalue weighted by molar-refractivity contribution is 5.85. The first-order valence-electron chi connectivity index (χ1n) is 5.75. The quantitative estimate of drug-likeness (QED) is 0.921. The van der Waals surface area contributed by atoms with Crippen LogP contribution in [0.25, 0.3) is 5.69 Å². The normalized spacial score (nSPS) is 10.5. The van der Waals surface area contributed by atoms with Gasteiger partial charge in [-0.05, 0) is 32.0 Å². The van der Waals surface area contributed by atoms with Gasteiger partial charge < -0.3 is 9.84 Å². The van der Waals surface area contributed by atoms with Crippen molar-refractivity contribution < 1.29 is 19.0 Å². The molecule has 1 heterocycles. The van der Waals surface area contributed by atoms with Crippen molar-refractivity contribution >= 4 is 5.97 Å². The maximum atomic E-state index is 13.7. The lowest BCUT2D eigenvalue weighted by Gasteiger charge is -2.08. The van der Waals surface area contributed by atoms with Gasteiger partial charge in [0.1, 0.15) is 0 Å². The summed E-state index contributed by atoms with van der Waals surface area (Å²) in [5, 5.41) is 12.8. The van der Waals surface area contributed by atoms with Gasteiger partial charge in [0.15, 0.2) is 17.3 Å². The Hall–Kier alpha value is -2.37. The largest absolute Gasteiger partial charge is 0.491 e. The van der Waals surface area contributed by atoms with E-state index < -0.39 is 11.8 Å². The fourth-order valence-electron chi connectivity index (χ4n) is 1.73. The molecule has 1 N–H and O–H groups in total. The monoisotopic (exact) mass is 264 g/mol. The molecule has 2 aromatic rings. The maximum absolute atomic E-state index is 13.7. The van der Waals surface area contributed by atoms with Gasteiger partial charge in [-0.1, -0.05) is 0 Å². The standard InChI is InChI=1S/C13H13FN2O3/c1-3-19-12-5-4-9(7-10(12)14)16-8(2)6-11(15-16)13(17)18/h4-7H,3H2,1-2H3,(H,17,18). The van der Waals surface area contributed by atoms with Gasteiger partial charge in [0.05, 0.1) is 12.3 Å². The Morgan fingerprint density at radius 2 is 2.21 bits per heavy atom. The molecule has 0 saturated carbocycles. The summed E-state index contributed by atoms with van der Waals surface area (Å²) in [6, 6.07) is 5.81. The first-order chi connectivity index (χ1) is 9.02. The van der Waals surface area contributed by atoms with E-state index in [9.17, 15) is 9.18 Å². The lowest BCUT2D eigenvalue weighted by Crippen LogP contribution is -2.03. The van der Waals surface area contributed by atoms with E-state index in [2.05, 4.69) is 5.10 Å². The summed E-state index contributed by atoms with van der Waals surface area (Å²) in [7, 11) is 0. The highest BCUT2D eigenvalue weighted by atomic mass is 19.1. The van der Waals surface area contributed by atoms with Crippen LogP contribution in [0.15, 0.2) is 24.3 Å². The van der Waals surface area contributed by atoms with Gasteiger partial charge in [-0.15, -0.1) is 0 Å². The van der Waals surface area contributed by atoms with Gasteiger partial charge in [-0.25, -0.2) is 13.9 Å². The zero-order chi connectivity index (χ0) is 14.0. The topological polar surface area (TPSA) is 64.4 Å². The maximum Gasteiger partial charge on any atom is 0.356 e. The number of aryl methyl sites for hydroxylation is 1. The fraction of sp³-hybridized carbons (Fsp3) is 0.231. The summed E-state index contributed by atoms with van der Waals surface area (Å²) in [5.74, 6) is -1.46. The fourth-order valence-corrected chi connectivity index (χ4v) is 1.73. The minimum Gasteiger partial charge on any atom is -0.491 e. The molecule has 0 saturated heterocycles. The molecule has 0 unspecified atom stereocenters. The van der Waals surface area contributed by atoms with Crippen LogP contribution in [0.3, 0.4) is 0 Å². The summed E-state index contributed by atoms with van der Waals surface area (Å²) in [4.78, 5) is 10.8. The van der Waals surface area contributed by atoms with Crippen LogP contribution in [0.5, 0.6) is 5.75 Å². The molecule has 0 aliphatic carbocycles. The molecule has 0 amide bonds. The van der Waals surface area contributed by atoms with E-state index >= 15 is 0 Å². The minimum atomic E-state index is -1.12. The Balaban J connectivity index is 2.42. The Bertz CT molecular complexity index is 622. The van der Waals surface area contributed by atoms with Crippen molar-refractivity contribution in [2.24, 2.45) is 0 Å². The van der Waals surface area contributed by atoms with E-state index in [0.29, 0.717) is 18.0 Å². The number of rotatable bonds is 4. The average molecular weight is 264 g/mol. The number of ether oxygens (including phenoxy) is 1. The van der Waals surface area contributed by atoms with Crippen LogP contribution in [0.1, 0.15) is 23.1 Å². The number of carboxylic acids is 1. The molecule has 1 aromatic heterocycles. The molecule has 0 atom stereocenters. The van der Waals surface area contributed by atoms with Crippen LogP contribution in [0, 0.1) is 12.7 Å². The van der Waals surface area contributed by atoms with Gasteiger partial charge in [-0.2, -0.15) is 5.10 Å². The second-order valence-electron chi connectivity index (χ2n) is 3.94. The molecule has 0 radical (unpaired) electrons. The predicted molar refractivity (Wildman–Crippen MR) is 66.4 cm³/mol. The van der Waals surface area contributed by atoms with Gasteiger partial charge in [0.2, 0.25) is 0 Å². The van der Waals surface area contributed by atoms with Crippen molar-refractivity contribution in [3.8, 4) is 11.4 Å². The molecule has 19 heavy (non-hydrogen) atoms. The molecule has 0 bridgehead atoms. The summed E-state index contributed by atoms with van der Waals surface area (Å²) < 4.78 is 20.2. The van der Waals surface area contributed by atoms with E-state index in [1.165, 1.54) is 22.9 Å². The number of halogens is 1. The zero-order valence-corrected chi connectivity index (χ0v) is 10.6. The average Bonchev–Trinajstić information content (AvgIpc) is 2.74. The van der Waals surface area contributed by atoms with E-state index in [4.69, 9.17) is 9.84 Å². The highest BCUT2D eigenvalue weighted by Gasteiger charge is 2.13. The second kappa shape index (κ2) is 5.09. The number of nitrogens with zero attached hydrogens (tertiary/aromatic N) is 2. The van der Waals surface area contributed by atoms with Crippen molar-refractivity contribution in [3.63, 3.8) is 0 Å². The van der Waals surface area contributed by atoms with Crippen molar-refractivity contribution in [3.05, 3.63) is 41.5 Å². The molecule has 100 valence electrons. The summed E-state index contributed by atoms with van der Waals surface area (Å²) in [6.07, 6.45) is 0. The summed E-state index contributed by atoms with van der Waals surface area (Å²) in [6.45, 7) is 3.85. The van der Waals surface area contributed by atoms with Gasteiger partial charge in [0.25, 0.3) is 0 Å². The minimum absolute atomic E-state index is 0.0770. The van der Waals surface area contributed by atoms with E-state index in [1.807, 2.05) is 0 Å². The number of hydrogen-bond acceptors (Lipinski definition) is 3. The second-order valence-corrected chi connectivity index (χ2v) is 3.94. The molecule has 0 aliphatic heterocycles. The first kappa shape index (κ1) is 13.1. The molecule has 0 fully saturated rings. The molecule has 0 spiro atoms. The number of hydrogen-bond donors (Lipinski definition) is 1. The van der Waals surface area contributed by atoms with Crippen LogP contribution < -0.4 is 4.74 Å². The Kier molecular flexibility index (Phi) is 3.50. The molecular weight excluding hydrogens is 251 g/mol. The van der Waals surface area contributed by atoms with Crippen molar-refractivity contribution in [1.82, 2.24) is 9.78 Å². The van der Waals surface area contributed by atoms with Crippen LogP contribution in [-0.4, -0.2) is 27.5 Å². The van der Waals surface area contributed by atoms with E-state index in [-0.39, 0.29) is 11.4 Å². The third-order valence-electron chi connectivity index (χ3n) is 2.57. The molecule has 6 heteroatoms. The van der Waals surface area contributed by atoms with Crippen LogP contribution >= 0.6 is 0 Å². The molecular formula is C13H13FN2O3. The third-order valence-corrected chi connectivity index (χ3v) is 2.57. The number of carboxylic acid groups (broad SMARTS) is 1. The SMILES string of the molecule is CCOc1ccc(-n2nc(C(=O)O)cc2C)cc1F. The Labute approximate surface area is 109 Å². The lowest BCUT2D eigenvalue weighted by molar-refractivity contribution is 0.0690. The van der Waals surface area contributed by atoms with E-state index in [1.54, 1.807) is 19.9 Å². The number of aromatic carboxylic acids is 1. The van der Waals surface area contributed by atoms with Crippen LogP contribution in [0.2, 0.25) is 0 Å². The lowest BCUT2D eigenvalue weighted by atomic mass is 10.3. The van der Waals surface area contributed by atoms with Crippen molar-refractivity contribution in [1.29, 1.82) is 0 Å². The van der Waals surface area contributed by atoms with Crippen molar-refractivity contribution in [2.75, 3.05) is 6.61 Å². The molecule has 2 rings (SSSR count). The number of carbonyl (C=O) groups is 1. The molecule has 1 aromatic carbocycles. The summed E-state index contributed by atoms with van der Waals surface area (Å²) in [5.41, 5.74) is 0.985. The van der Waals surface area contributed by atoms with E-state index in [0.717, 1.165) is 0 Å². The third kappa shape index (κ3) is 2.57. The molecule has 5 nitrogen and oxygen atoms in total. The number of benzene rings is 1. The van der Waals surface area contributed by atoms with Gasteiger partial charge >= 0.3 is 5.97 Å². The van der Waals surface area contributed by atoms with Gasteiger partial charge in [-0.3, -0.25) is 0 Å². The smallest absolute Gasteiger partial charge is 0.356 e.